The van der Waals surface area contributed by atoms with Gasteiger partial charge in [0.1, 0.15) is 5.75 Å². The Hall–Kier alpha value is -2.23. The molecule has 0 atom stereocenters. The fourth-order valence-electron chi connectivity index (χ4n) is 1.51. The standard InChI is InChI=1S/C12H10F3NO3/c1-2-19-10(17)5-8-7(6-16)3-4-9(11(8)18)12(13,14)15/h3-4,18H,2,5H2,1H3. The van der Waals surface area contributed by atoms with Crippen molar-refractivity contribution < 1.29 is 27.8 Å². The van der Waals surface area contributed by atoms with Gasteiger partial charge in [-0.05, 0) is 19.1 Å². The number of phenols is 1. The number of hydrogen-bond donors (Lipinski definition) is 1. The molecule has 0 bridgehead atoms. The van der Waals surface area contributed by atoms with Gasteiger partial charge in [-0.2, -0.15) is 18.4 Å². The summed E-state index contributed by atoms with van der Waals surface area (Å²) in [4.78, 5) is 11.3. The van der Waals surface area contributed by atoms with Crippen LogP contribution >= 0.6 is 0 Å². The number of ether oxygens (including phenoxy) is 1. The molecule has 1 aromatic carbocycles. The van der Waals surface area contributed by atoms with Crippen LogP contribution in [0.2, 0.25) is 0 Å². The van der Waals surface area contributed by atoms with Crippen molar-refractivity contribution in [1.29, 1.82) is 5.26 Å². The van der Waals surface area contributed by atoms with Crippen molar-refractivity contribution in [2.24, 2.45) is 0 Å². The minimum absolute atomic E-state index is 0.0560. The second kappa shape index (κ2) is 5.61. The average Bonchev–Trinajstić information content (AvgIpc) is 2.30. The van der Waals surface area contributed by atoms with Crippen LogP contribution in [0.3, 0.4) is 0 Å². The van der Waals surface area contributed by atoms with Gasteiger partial charge in [0.05, 0.1) is 30.2 Å². The van der Waals surface area contributed by atoms with Crippen LogP contribution in [-0.2, 0) is 22.1 Å². The highest BCUT2D eigenvalue weighted by atomic mass is 19.4. The molecule has 0 aliphatic carbocycles. The van der Waals surface area contributed by atoms with E-state index in [0.29, 0.717) is 6.07 Å². The lowest BCUT2D eigenvalue weighted by Crippen LogP contribution is -2.12. The minimum atomic E-state index is -4.76. The van der Waals surface area contributed by atoms with Crippen LogP contribution in [0.15, 0.2) is 12.1 Å². The van der Waals surface area contributed by atoms with E-state index < -0.39 is 29.9 Å². The Balaban J connectivity index is 3.28. The van der Waals surface area contributed by atoms with Crippen LogP contribution in [0, 0.1) is 11.3 Å². The van der Waals surface area contributed by atoms with Gasteiger partial charge in [-0.3, -0.25) is 4.79 Å². The third-order valence-electron chi connectivity index (χ3n) is 2.34. The van der Waals surface area contributed by atoms with E-state index in [2.05, 4.69) is 4.74 Å². The first-order valence-electron chi connectivity index (χ1n) is 5.29. The lowest BCUT2D eigenvalue weighted by molar-refractivity contribution is -0.143. The Bertz CT molecular complexity index is 532. The fraction of sp³-hybridized carbons (Fsp3) is 0.333. The van der Waals surface area contributed by atoms with Crippen LogP contribution < -0.4 is 0 Å². The molecule has 0 amide bonds. The number of benzene rings is 1. The molecule has 19 heavy (non-hydrogen) atoms. The summed E-state index contributed by atoms with van der Waals surface area (Å²) in [6.45, 7) is 1.59. The molecule has 102 valence electrons. The highest BCUT2D eigenvalue weighted by Gasteiger charge is 2.35. The van der Waals surface area contributed by atoms with E-state index in [1.807, 2.05) is 0 Å². The predicted molar refractivity (Wildman–Crippen MR) is 58.2 cm³/mol. The number of carbonyl (C=O) groups excluding carboxylic acids is 1. The van der Waals surface area contributed by atoms with E-state index in [1.54, 1.807) is 6.07 Å². The number of nitriles is 1. The van der Waals surface area contributed by atoms with Crippen LogP contribution in [0.25, 0.3) is 0 Å². The number of halogens is 3. The Morgan fingerprint density at radius 3 is 2.58 bits per heavy atom. The molecular weight excluding hydrogens is 263 g/mol. The number of rotatable bonds is 3. The van der Waals surface area contributed by atoms with Crippen LogP contribution in [0.5, 0.6) is 5.75 Å². The molecule has 0 radical (unpaired) electrons. The molecule has 0 heterocycles. The first kappa shape index (κ1) is 14.8. The Kier molecular flexibility index (Phi) is 4.38. The van der Waals surface area contributed by atoms with Crippen LogP contribution in [-0.4, -0.2) is 17.7 Å². The summed E-state index contributed by atoms with van der Waals surface area (Å²) in [6.07, 6.45) is -5.35. The van der Waals surface area contributed by atoms with Gasteiger partial charge in [-0.15, -0.1) is 0 Å². The summed E-state index contributed by atoms with van der Waals surface area (Å²) in [6, 6.07) is 3.14. The second-order valence-corrected chi connectivity index (χ2v) is 3.58. The normalized spacial score (nSPS) is 10.9. The Morgan fingerprint density at radius 2 is 2.11 bits per heavy atom. The van der Waals surface area contributed by atoms with Gasteiger partial charge in [0.15, 0.2) is 0 Å². The van der Waals surface area contributed by atoms with Gasteiger partial charge in [0.25, 0.3) is 0 Å². The van der Waals surface area contributed by atoms with Crippen molar-refractivity contribution >= 4 is 5.97 Å². The molecule has 0 unspecified atom stereocenters. The van der Waals surface area contributed by atoms with Crippen LogP contribution in [0.1, 0.15) is 23.6 Å². The van der Waals surface area contributed by atoms with Crippen LogP contribution in [0.4, 0.5) is 13.2 Å². The quantitative estimate of drug-likeness (QED) is 0.858. The van der Waals surface area contributed by atoms with E-state index in [1.165, 1.54) is 6.92 Å². The van der Waals surface area contributed by atoms with E-state index >= 15 is 0 Å². The maximum atomic E-state index is 12.6. The van der Waals surface area contributed by atoms with E-state index in [0.717, 1.165) is 6.07 Å². The predicted octanol–water partition coefficient (Wildman–Crippen LogP) is 2.39. The molecule has 0 aliphatic rings. The number of carbonyl (C=O) groups is 1. The van der Waals surface area contributed by atoms with Gasteiger partial charge in [0, 0.05) is 5.56 Å². The average molecular weight is 273 g/mol. The Morgan fingerprint density at radius 1 is 1.47 bits per heavy atom. The van der Waals surface area contributed by atoms with Gasteiger partial charge in [-0.1, -0.05) is 0 Å². The zero-order valence-corrected chi connectivity index (χ0v) is 9.91. The topological polar surface area (TPSA) is 70.3 Å². The highest BCUT2D eigenvalue weighted by Crippen LogP contribution is 2.38. The number of aromatic hydroxyl groups is 1. The summed E-state index contributed by atoms with van der Waals surface area (Å²) in [5, 5.41) is 18.4. The number of hydrogen-bond acceptors (Lipinski definition) is 4. The van der Waals surface area contributed by atoms with Crippen molar-refractivity contribution in [3.63, 3.8) is 0 Å². The van der Waals surface area contributed by atoms with Crippen molar-refractivity contribution in [3.8, 4) is 11.8 Å². The first-order valence-corrected chi connectivity index (χ1v) is 5.29. The molecule has 4 nitrogen and oxygen atoms in total. The summed E-state index contributed by atoms with van der Waals surface area (Å²) in [5.74, 6) is -1.92. The summed E-state index contributed by atoms with van der Waals surface area (Å²) in [7, 11) is 0. The number of esters is 1. The number of phenolic OH excluding ortho intramolecular Hbond substituents is 1. The third kappa shape index (κ3) is 3.37. The smallest absolute Gasteiger partial charge is 0.419 e. The number of alkyl halides is 3. The molecule has 0 spiro atoms. The summed E-state index contributed by atoms with van der Waals surface area (Å²) < 4.78 is 42.4. The van der Waals surface area contributed by atoms with E-state index in [-0.39, 0.29) is 17.7 Å². The molecule has 0 fully saturated rings. The SMILES string of the molecule is CCOC(=O)Cc1c(C#N)ccc(C(F)(F)F)c1O. The third-order valence-corrected chi connectivity index (χ3v) is 2.34. The van der Waals surface area contributed by atoms with Gasteiger partial charge in [-0.25, -0.2) is 0 Å². The molecule has 0 aromatic heterocycles. The maximum Gasteiger partial charge on any atom is 0.419 e. The van der Waals surface area contributed by atoms with Crippen molar-refractivity contribution in [1.82, 2.24) is 0 Å². The molecule has 1 aromatic rings. The van der Waals surface area contributed by atoms with Crippen molar-refractivity contribution in [3.05, 3.63) is 28.8 Å². The van der Waals surface area contributed by atoms with Crippen molar-refractivity contribution in [2.75, 3.05) is 6.61 Å². The summed E-state index contributed by atoms with van der Waals surface area (Å²) in [5.41, 5.74) is -1.86. The fourth-order valence-corrected chi connectivity index (χ4v) is 1.51. The van der Waals surface area contributed by atoms with Gasteiger partial charge < -0.3 is 9.84 Å². The molecule has 1 N–H and O–H groups in total. The molecule has 0 aliphatic heterocycles. The number of nitrogens with zero attached hydrogens (tertiary/aromatic N) is 1. The zero-order valence-electron chi connectivity index (χ0n) is 9.91. The lowest BCUT2D eigenvalue weighted by atomic mass is 10.00. The first-order chi connectivity index (χ1) is 8.81. The minimum Gasteiger partial charge on any atom is -0.507 e. The highest BCUT2D eigenvalue weighted by molar-refractivity contribution is 5.75. The van der Waals surface area contributed by atoms with Crippen molar-refractivity contribution in [2.45, 2.75) is 19.5 Å². The molecule has 0 saturated carbocycles. The van der Waals surface area contributed by atoms with Gasteiger partial charge >= 0.3 is 12.1 Å². The second-order valence-electron chi connectivity index (χ2n) is 3.58. The molecule has 7 heteroatoms. The Labute approximate surface area is 107 Å². The molecule has 1 rings (SSSR count). The monoisotopic (exact) mass is 273 g/mol. The lowest BCUT2D eigenvalue weighted by Gasteiger charge is -2.13. The molecule has 0 saturated heterocycles. The summed E-state index contributed by atoms with van der Waals surface area (Å²) >= 11 is 0. The largest absolute Gasteiger partial charge is 0.507 e. The van der Waals surface area contributed by atoms with E-state index in [9.17, 15) is 23.1 Å². The maximum absolute atomic E-state index is 12.6. The van der Waals surface area contributed by atoms with Gasteiger partial charge in [0.2, 0.25) is 0 Å². The van der Waals surface area contributed by atoms with E-state index in [4.69, 9.17) is 5.26 Å². The molecular formula is C12H10F3NO3. The zero-order chi connectivity index (χ0) is 14.6.